The van der Waals surface area contributed by atoms with E-state index in [9.17, 15) is 8.42 Å². The van der Waals surface area contributed by atoms with E-state index in [1.165, 1.54) is 17.6 Å². The van der Waals surface area contributed by atoms with Gasteiger partial charge >= 0.3 is 0 Å². The van der Waals surface area contributed by atoms with E-state index in [4.69, 9.17) is 4.55 Å². The SMILES string of the molecule is [CH2]CC(C=NN=c1sc2ccccc2n1C)CS(=O)(=O)O. The average molecular weight is 326 g/mol. The molecule has 0 aliphatic rings. The van der Waals surface area contributed by atoms with E-state index in [1.54, 1.807) is 0 Å². The third-order valence-electron chi connectivity index (χ3n) is 2.93. The monoisotopic (exact) mass is 326 g/mol. The van der Waals surface area contributed by atoms with Crippen molar-refractivity contribution in [3.63, 3.8) is 0 Å². The highest BCUT2D eigenvalue weighted by atomic mass is 32.2. The van der Waals surface area contributed by atoms with Crippen molar-refractivity contribution in [2.24, 2.45) is 23.2 Å². The van der Waals surface area contributed by atoms with Gasteiger partial charge in [0.2, 0.25) is 4.80 Å². The molecule has 1 heterocycles. The fourth-order valence-electron chi connectivity index (χ4n) is 1.83. The van der Waals surface area contributed by atoms with Crippen LogP contribution < -0.4 is 4.80 Å². The summed E-state index contributed by atoms with van der Waals surface area (Å²) in [7, 11) is -2.14. The first-order valence-electron chi connectivity index (χ1n) is 6.27. The van der Waals surface area contributed by atoms with E-state index in [2.05, 4.69) is 17.1 Å². The van der Waals surface area contributed by atoms with Crippen molar-refractivity contribution in [2.75, 3.05) is 5.75 Å². The second-order valence-electron chi connectivity index (χ2n) is 4.57. The maximum Gasteiger partial charge on any atom is 0.265 e. The van der Waals surface area contributed by atoms with Crippen LogP contribution in [0.4, 0.5) is 0 Å². The predicted molar refractivity (Wildman–Crippen MR) is 84.7 cm³/mol. The minimum absolute atomic E-state index is 0.317. The Morgan fingerprint density at radius 2 is 2.19 bits per heavy atom. The second kappa shape index (κ2) is 6.50. The molecule has 0 aliphatic carbocycles. The minimum atomic E-state index is -4.03. The van der Waals surface area contributed by atoms with Crippen LogP contribution in [0.15, 0.2) is 34.5 Å². The molecule has 1 aromatic heterocycles. The van der Waals surface area contributed by atoms with Crippen LogP contribution in [-0.2, 0) is 17.2 Å². The molecule has 1 unspecified atom stereocenters. The molecule has 8 heteroatoms. The summed E-state index contributed by atoms with van der Waals surface area (Å²) in [5.41, 5.74) is 1.06. The van der Waals surface area contributed by atoms with Crippen molar-refractivity contribution < 1.29 is 13.0 Å². The molecule has 0 saturated heterocycles. The zero-order chi connectivity index (χ0) is 15.5. The largest absolute Gasteiger partial charge is 0.318 e. The fourth-order valence-corrected chi connectivity index (χ4v) is 3.60. The summed E-state index contributed by atoms with van der Waals surface area (Å²) in [5, 5.41) is 8.03. The van der Waals surface area contributed by atoms with Gasteiger partial charge in [-0.1, -0.05) is 30.4 Å². The van der Waals surface area contributed by atoms with Crippen molar-refractivity contribution in [3.8, 4) is 0 Å². The second-order valence-corrected chi connectivity index (χ2v) is 7.08. The molecule has 0 amide bonds. The molecule has 0 spiro atoms. The molecule has 2 aromatic rings. The lowest BCUT2D eigenvalue weighted by Crippen LogP contribution is -2.16. The summed E-state index contributed by atoms with van der Waals surface area (Å²) < 4.78 is 33.5. The highest BCUT2D eigenvalue weighted by molar-refractivity contribution is 7.85. The Labute approximate surface area is 127 Å². The average Bonchev–Trinajstić information content (AvgIpc) is 2.74. The standard InChI is InChI=1S/C13H16N3O3S2/c1-3-10(9-21(17,18)19)8-14-15-13-16(2)11-6-4-5-7-12(11)20-13/h4-8,10H,1,3,9H2,2H3,(H,17,18,19). The Kier molecular flexibility index (Phi) is 4.92. The number of aromatic nitrogens is 1. The van der Waals surface area contributed by atoms with Crippen LogP contribution in [-0.4, -0.2) is 29.5 Å². The molecule has 0 aliphatic heterocycles. The molecular weight excluding hydrogens is 310 g/mol. The number of hydrogen-bond acceptors (Lipinski definition) is 5. The summed E-state index contributed by atoms with van der Waals surface area (Å²) in [6.45, 7) is 3.64. The van der Waals surface area contributed by atoms with Crippen LogP contribution in [0.1, 0.15) is 6.42 Å². The zero-order valence-corrected chi connectivity index (χ0v) is 13.1. The van der Waals surface area contributed by atoms with E-state index in [0.29, 0.717) is 11.2 Å². The molecule has 1 aromatic carbocycles. The molecule has 21 heavy (non-hydrogen) atoms. The lowest BCUT2D eigenvalue weighted by atomic mass is 10.1. The maximum atomic E-state index is 10.8. The molecule has 0 saturated carbocycles. The molecule has 1 radical (unpaired) electrons. The van der Waals surface area contributed by atoms with Crippen molar-refractivity contribution in [3.05, 3.63) is 36.0 Å². The van der Waals surface area contributed by atoms with Crippen LogP contribution in [0.2, 0.25) is 0 Å². The van der Waals surface area contributed by atoms with Gasteiger partial charge in [0.05, 0.1) is 16.0 Å². The molecule has 0 bridgehead atoms. The lowest BCUT2D eigenvalue weighted by molar-refractivity contribution is 0.477. The number of benzene rings is 1. The normalized spacial score (nSPS) is 15.1. The van der Waals surface area contributed by atoms with Gasteiger partial charge in [-0.15, -0.1) is 5.10 Å². The molecule has 1 atom stereocenters. The lowest BCUT2D eigenvalue weighted by Gasteiger charge is -2.04. The molecule has 1 N–H and O–H groups in total. The van der Waals surface area contributed by atoms with Gasteiger partial charge in [-0.2, -0.15) is 13.5 Å². The van der Waals surface area contributed by atoms with Crippen molar-refractivity contribution in [1.82, 2.24) is 4.57 Å². The topological polar surface area (TPSA) is 84.0 Å². The van der Waals surface area contributed by atoms with Crippen molar-refractivity contribution in [2.45, 2.75) is 6.42 Å². The van der Waals surface area contributed by atoms with E-state index in [-0.39, 0.29) is 0 Å². The van der Waals surface area contributed by atoms with Gasteiger partial charge < -0.3 is 4.57 Å². The van der Waals surface area contributed by atoms with Crippen LogP contribution in [0.3, 0.4) is 0 Å². The van der Waals surface area contributed by atoms with Gasteiger partial charge in [0, 0.05) is 19.2 Å². The molecule has 0 fully saturated rings. The Hall–Kier alpha value is -1.51. The highest BCUT2D eigenvalue weighted by Crippen LogP contribution is 2.15. The molecule has 2 rings (SSSR count). The zero-order valence-electron chi connectivity index (χ0n) is 11.5. The van der Waals surface area contributed by atoms with Crippen LogP contribution in [0, 0.1) is 12.8 Å². The number of rotatable bonds is 5. The van der Waals surface area contributed by atoms with E-state index in [1.807, 2.05) is 35.9 Å². The van der Waals surface area contributed by atoms with Gasteiger partial charge in [-0.3, -0.25) is 4.55 Å². The summed E-state index contributed by atoms with van der Waals surface area (Å²) >= 11 is 1.50. The number of thiazole rings is 1. The maximum absolute atomic E-state index is 10.8. The Morgan fingerprint density at radius 1 is 1.48 bits per heavy atom. The molecule has 6 nitrogen and oxygen atoms in total. The van der Waals surface area contributed by atoms with Crippen molar-refractivity contribution in [1.29, 1.82) is 0 Å². The van der Waals surface area contributed by atoms with Gasteiger partial charge in [-0.05, 0) is 18.6 Å². The number of fused-ring (bicyclic) bond motifs is 1. The predicted octanol–water partition coefficient (Wildman–Crippen LogP) is 1.85. The van der Waals surface area contributed by atoms with Crippen molar-refractivity contribution >= 4 is 37.9 Å². The first-order valence-corrected chi connectivity index (χ1v) is 8.69. The van der Waals surface area contributed by atoms with Gasteiger partial charge in [-0.25, -0.2) is 0 Å². The summed E-state index contributed by atoms with van der Waals surface area (Å²) in [4.78, 5) is 0.710. The van der Waals surface area contributed by atoms with Crippen LogP contribution in [0.25, 0.3) is 10.2 Å². The Morgan fingerprint density at radius 3 is 2.81 bits per heavy atom. The Bertz CT molecular complexity index is 819. The Balaban J connectivity index is 2.26. The first kappa shape index (κ1) is 15.9. The van der Waals surface area contributed by atoms with E-state index < -0.39 is 21.8 Å². The van der Waals surface area contributed by atoms with E-state index in [0.717, 1.165) is 10.2 Å². The number of nitrogens with zero attached hydrogens (tertiary/aromatic N) is 3. The highest BCUT2D eigenvalue weighted by Gasteiger charge is 2.13. The fraction of sp³-hybridized carbons (Fsp3) is 0.308. The van der Waals surface area contributed by atoms with E-state index >= 15 is 0 Å². The van der Waals surface area contributed by atoms with Gasteiger partial charge in [0.1, 0.15) is 0 Å². The third kappa shape index (κ3) is 4.23. The third-order valence-corrected chi connectivity index (χ3v) is 4.88. The quantitative estimate of drug-likeness (QED) is 0.517. The van der Waals surface area contributed by atoms with Crippen LogP contribution >= 0.6 is 11.3 Å². The molecule has 113 valence electrons. The summed E-state index contributed by atoms with van der Waals surface area (Å²) in [5.74, 6) is -0.850. The number of para-hydroxylation sites is 1. The van der Waals surface area contributed by atoms with Gasteiger partial charge in [0.15, 0.2) is 0 Å². The minimum Gasteiger partial charge on any atom is -0.318 e. The molecular formula is C13H16N3O3S2. The van der Waals surface area contributed by atoms with Gasteiger partial charge in [0.25, 0.3) is 10.1 Å². The smallest absolute Gasteiger partial charge is 0.265 e. The number of hydrogen-bond donors (Lipinski definition) is 1. The summed E-state index contributed by atoms with van der Waals surface area (Å²) in [6, 6.07) is 7.90. The number of aryl methyl sites for hydroxylation is 1. The summed E-state index contributed by atoms with van der Waals surface area (Å²) in [6.07, 6.45) is 1.72. The van der Waals surface area contributed by atoms with Crippen LogP contribution in [0.5, 0.6) is 0 Å². The first-order chi connectivity index (χ1) is 9.90.